The standard InChI is InChI=1S/C15H22N4O2/c1-3-18-12-7-4-5-8-13(12)19(15(18)21)11-14(20)17-10-6-9-16-2/h4-5,7-8,16H,3,6,9-11H2,1-2H3,(H,17,20). The number of imidazole rings is 1. The van der Waals surface area contributed by atoms with Crippen LogP contribution in [0.25, 0.3) is 11.0 Å². The van der Waals surface area contributed by atoms with Gasteiger partial charge in [-0.2, -0.15) is 0 Å². The highest BCUT2D eigenvalue weighted by Crippen LogP contribution is 2.12. The van der Waals surface area contributed by atoms with Crippen LogP contribution in [0.4, 0.5) is 0 Å². The number of aromatic nitrogens is 2. The predicted octanol–water partition coefficient (Wildman–Crippen LogP) is 0.549. The SMILES string of the molecule is CCn1c(=O)n(CC(=O)NCCCNC)c2ccccc21. The van der Waals surface area contributed by atoms with E-state index in [1.165, 1.54) is 4.57 Å². The summed E-state index contributed by atoms with van der Waals surface area (Å²) >= 11 is 0. The lowest BCUT2D eigenvalue weighted by atomic mass is 10.3. The van der Waals surface area contributed by atoms with Crippen molar-refractivity contribution in [2.75, 3.05) is 20.1 Å². The lowest BCUT2D eigenvalue weighted by Crippen LogP contribution is -2.34. The van der Waals surface area contributed by atoms with Crippen LogP contribution in [0.1, 0.15) is 13.3 Å². The lowest BCUT2D eigenvalue weighted by molar-refractivity contribution is -0.121. The summed E-state index contributed by atoms with van der Waals surface area (Å²) < 4.78 is 3.22. The summed E-state index contributed by atoms with van der Waals surface area (Å²) in [5.41, 5.74) is 1.53. The maximum atomic E-state index is 12.4. The number of carbonyl (C=O) groups excluding carboxylic acids is 1. The van der Waals surface area contributed by atoms with Crippen molar-refractivity contribution in [2.24, 2.45) is 0 Å². The molecule has 0 aliphatic rings. The zero-order valence-corrected chi connectivity index (χ0v) is 12.6. The van der Waals surface area contributed by atoms with Crippen LogP contribution in [0, 0.1) is 0 Å². The third kappa shape index (κ3) is 3.33. The molecule has 1 heterocycles. The van der Waals surface area contributed by atoms with E-state index < -0.39 is 0 Å². The first kappa shape index (κ1) is 15.3. The number of hydrogen-bond donors (Lipinski definition) is 2. The molecule has 0 saturated heterocycles. The monoisotopic (exact) mass is 290 g/mol. The molecule has 21 heavy (non-hydrogen) atoms. The van der Waals surface area contributed by atoms with Crippen molar-refractivity contribution in [3.8, 4) is 0 Å². The van der Waals surface area contributed by atoms with E-state index in [1.807, 2.05) is 38.2 Å². The molecule has 1 aromatic heterocycles. The molecule has 0 spiro atoms. The lowest BCUT2D eigenvalue weighted by Gasteiger charge is -2.06. The fourth-order valence-corrected chi connectivity index (χ4v) is 2.42. The van der Waals surface area contributed by atoms with Crippen LogP contribution >= 0.6 is 0 Å². The van der Waals surface area contributed by atoms with Crippen LogP contribution < -0.4 is 16.3 Å². The Morgan fingerprint density at radius 3 is 2.43 bits per heavy atom. The zero-order valence-electron chi connectivity index (χ0n) is 12.6. The van der Waals surface area contributed by atoms with Gasteiger partial charge in [0.05, 0.1) is 11.0 Å². The van der Waals surface area contributed by atoms with Crippen LogP contribution in [0.2, 0.25) is 0 Å². The number of amides is 1. The van der Waals surface area contributed by atoms with Crippen molar-refractivity contribution < 1.29 is 4.79 Å². The Bertz CT molecular complexity index is 672. The molecule has 6 heteroatoms. The number of nitrogens with zero attached hydrogens (tertiary/aromatic N) is 2. The second-order valence-corrected chi connectivity index (χ2v) is 4.91. The highest BCUT2D eigenvalue weighted by molar-refractivity contribution is 5.80. The predicted molar refractivity (Wildman–Crippen MR) is 83.4 cm³/mol. The van der Waals surface area contributed by atoms with Crippen molar-refractivity contribution in [3.63, 3.8) is 0 Å². The summed E-state index contributed by atoms with van der Waals surface area (Å²) in [7, 11) is 1.88. The first-order chi connectivity index (χ1) is 10.2. The van der Waals surface area contributed by atoms with E-state index in [9.17, 15) is 9.59 Å². The van der Waals surface area contributed by atoms with E-state index in [4.69, 9.17) is 0 Å². The Balaban J connectivity index is 2.17. The molecule has 0 unspecified atom stereocenters. The molecule has 0 saturated carbocycles. The number of para-hydroxylation sites is 2. The summed E-state index contributed by atoms with van der Waals surface area (Å²) in [5.74, 6) is -0.132. The molecule has 6 nitrogen and oxygen atoms in total. The number of hydrogen-bond acceptors (Lipinski definition) is 3. The fourth-order valence-electron chi connectivity index (χ4n) is 2.42. The third-order valence-electron chi connectivity index (χ3n) is 3.47. The van der Waals surface area contributed by atoms with Gasteiger partial charge in [0.15, 0.2) is 0 Å². The van der Waals surface area contributed by atoms with Gasteiger partial charge in [-0.25, -0.2) is 4.79 Å². The quantitative estimate of drug-likeness (QED) is 0.732. The maximum Gasteiger partial charge on any atom is 0.329 e. The van der Waals surface area contributed by atoms with Crippen molar-refractivity contribution in [1.29, 1.82) is 0 Å². The number of aryl methyl sites for hydroxylation is 1. The summed E-state index contributed by atoms with van der Waals surface area (Å²) in [6.07, 6.45) is 0.869. The molecule has 0 aliphatic carbocycles. The molecule has 2 N–H and O–H groups in total. The van der Waals surface area contributed by atoms with Gasteiger partial charge >= 0.3 is 5.69 Å². The summed E-state index contributed by atoms with van der Waals surface area (Å²) in [5, 5.41) is 5.86. The molecule has 114 valence electrons. The molecule has 0 aliphatic heterocycles. The van der Waals surface area contributed by atoms with E-state index >= 15 is 0 Å². The van der Waals surface area contributed by atoms with E-state index in [2.05, 4.69) is 10.6 Å². The molecule has 0 atom stereocenters. The average molecular weight is 290 g/mol. The van der Waals surface area contributed by atoms with E-state index in [-0.39, 0.29) is 18.1 Å². The second-order valence-electron chi connectivity index (χ2n) is 4.91. The highest BCUT2D eigenvalue weighted by atomic mass is 16.2. The molecular weight excluding hydrogens is 268 g/mol. The van der Waals surface area contributed by atoms with E-state index in [1.54, 1.807) is 4.57 Å². The van der Waals surface area contributed by atoms with Gasteiger partial charge in [0, 0.05) is 13.1 Å². The third-order valence-corrected chi connectivity index (χ3v) is 3.47. The van der Waals surface area contributed by atoms with Gasteiger partial charge in [0.1, 0.15) is 6.54 Å². The van der Waals surface area contributed by atoms with Gasteiger partial charge in [-0.15, -0.1) is 0 Å². The minimum atomic E-state index is -0.135. The second kappa shape index (κ2) is 7.08. The van der Waals surface area contributed by atoms with Crippen molar-refractivity contribution in [1.82, 2.24) is 19.8 Å². The molecule has 2 rings (SSSR count). The Hall–Kier alpha value is -2.08. The molecule has 1 aromatic carbocycles. The summed E-state index contributed by atoms with van der Waals surface area (Å²) in [4.78, 5) is 24.3. The Morgan fingerprint density at radius 1 is 1.14 bits per heavy atom. The van der Waals surface area contributed by atoms with Crippen LogP contribution in [-0.4, -0.2) is 35.2 Å². The molecule has 0 bridgehead atoms. The number of benzene rings is 1. The summed E-state index contributed by atoms with van der Waals surface area (Å²) in [6.45, 7) is 4.05. The van der Waals surface area contributed by atoms with Crippen molar-refractivity contribution in [3.05, 3.63) is 34.7 Å². The molecule has 1 amide bonds. The highest BCUT2D eigenvalue weighted by Gasteiger charge is 2.13. The smallest absolute Gasteiger partial charge is 0.329 e. The number of nitrogens with one attached hydrogen (secondary N) is 2. The Labute approximate surface area is 123 Å². The van der Waals surface area contributed by atoms with Gasteiger partial charge < -0.3 is 10.6 Å². The van der Waals surface area contributed by atoms with Gasteiger partial charge in [-0.3, -0.25) is 13.9 Å². The molecule has 2 aromatic rings. The fraction of sp³-hybridized carbons (Fsp3) is 0.467. The normalized spacial score (nSPS) is 11.0. The Morgan fingerprint density at radius 2 is 1.81 bits per heavy atom. The minimum absolute atomic E-state index is 0.0614. The average Bonchev–Trinajstić information content (AvgIpc) is 2.76. The van der Waals surface area contributed by atoms with Gasteiger partial charge in [0.25, 0.3) is 0 Å². The number of rotatable bonds is 7. The minimum Gasteiger partial charge on any atom is -0.354 e. The van der Waals surface area contributed by atoms with Crippen LogP contribution in [0.3, 0.4) is 0 Å². The molecule has 0 fully saturated rings. The Kier molecular flexibility index (Phi) is 5.16. The number of carbonyl (C=O) groups is 1. The van der Waals surface area contributed by atoms with E-state index in [0.29, 0.717) is 13.1 Å². The van der Waals surface area contributed by atoms with Gasteiger partial charge in [-0.05, 0) is 39.1 Å². The molecule has 0 radical (unpaired) electrons. The van der Waals surface area contributed by atoms with Crippen LogP contribution in [0.5, 0.6) is 0 Å². The van der Waals surface area contributed by atoms with E-state index in [0.717, 1.165) is 24.0 Å². The largest absolute Gasteiger partial charge is 0.354 e. The maximum absolute atomic E-state index is 12.4. The van der Waals surface area contributed by atoms with Crippen LogP contribution in [0.15, 0.2) is 29.1 Å². The first-order valence-electron chi connectivity index (χ1n) is 7.28. The van der Waals surface area contributed by atoms with Crippen molar-refractivity contribution >= 4 is 16.9 Å². The summed E-state index contributed by atoms with van der Waals surface area (Å²) in [6, 6.07) is 7.55. The van der Waals surface area contributed by atoms with Crippen LogP contribution in [-0.2, 0) is 17.9 Å². The van der Waals surface area contributed by atoms with Gasteiger partial charge in [-0.1, -0.05) is 12.1 Å². The van der Waals surface area contributed by atoms with Crippen molar-refractivity contribution in [2.45, 2.75) is 26.4 Å². The first-order valence-corrected chi connectivity index (χ1v) is 7.28. The topological polar surface area (TPSA) is 68.1 Å². The zero-order chi connectivity index (χ0) is 15.2. The number of fused-ring (bicyclic) bond motifs is 1. The molecular formula is C15H22N4O2. The van der Waals surface area contributed by atoms with Gasteiger partial charge in [0.2, 0.25) is 5.91 Å².